The third-order valence-electron chi connectivity index (χ3n) is 3.18. The van der Waals surface area contributed by atoms with E-state index in [0.29, 0.717) is 5.75 Å². The van der Waals surface area contributed by atoms with E-state index in [2.05, 4.69) is 4.98 Å². The molecule has 0 bridgehead atoms. The number of carbonyl (C=O) groups is 1. The largest absolute Gasteiger partial charge is 0.490 e. The quantitative estimate of drug-likeness (QED) is 0.474. The Hall–Kier alpha value is -2.27. The summed E-state index contributed by atoms with van der Waals surface area (Å²) in [6, 6.07) is 9.51. The Morgan fingerprint density at radius 1 is 1.12 bits per heavy atom. The fourth-order valence-corrected chi connectivity index (χ4v) is 4.09. The molecule has 0 amide bonds. The van der Waals surface area contributed by atoms with Gasteiger partial charge in [-0.25, -0.2) is 23.3 Å². The molecule has 0 aliphatic carbocycles. The molecule has 0 radical (unpaired) electrons. The zero-order valence-corrected chi connectivity index (χ0v) is 15.8. The average molecular weight is 410 g/mol. The van der Waals surface area contributed by atoms with Gasteiger partial charge in [-0.3, -0.25) is 0 Å². The molecule has 0 aliphatic rings. The Morgan fingerprint density at radius 3 is 2.54 bits per heavy atom. The van der Waals surface area contributed by atoms with E-state index in [0.717, 1.165) is 9.88 Å². The summed E-state index contributed by atoms with van der Waals surface area (Å²) in [5, 5.41) is 9.40. The van der Waals surface area contributed by atoms with Crippen molar-refractivity contribution in [2.75, 3.05) is 13.2 Å². The molecule has 0 unspecified atom stereocenters. The summed E-state index contributed by atoms with van der Waals surface area (Å²) in [5.74, 6) is -0.0701. The molecule has 136 valence electrons. The normalized spacial score (nSPS) is 11.3. The van der Waals surface area contributed by atoms with Crippen molar-refractivity contribution in [1.82, 2.24) is 4.98 Å². The highest BCUT2D eigenvalue weighted by Gasteiger charge is 2.13. The van der Waals surface area contributed by atoms with Crippen LogP contribution in [0.2, 0.25) is 0 Å². The Labute approximate surface area is 158 Å². The van der Waals surface area contributed by atoms with Gasteiger partial charge in [0.05, 0.1) is 9.77 Å². The monoisotopic (exact) mass is 410 g/mol. The summed E-state index contributed by atoms with van der Waals surface area (Å²) in [7, 11) is -3.73. The van der Waals surface area contributed by atoms with Crippen LogP contribution < -0.4 is 9.88 Å². The van der Waals surface area contributed by atoms with Crippen LogP contribution in [0.5, 0.6) is 5.75 Å². The van der Waals surface area contributed by atoms with Gasteiger partial charge >= 0.3 is 5.97 Å². The van der Waals surface area contributed by atoms with Crippen molar-refractivity contribution in [3.63, 3.8) is 0 Å². The number of rotatable bonds is 7. The van der Waals surface area contributed by atoms with Crippen LogP contribution in [0.4, 0.5) is 0 Å². The van der Waals surface area contributed by atoms with Gasteiger partial charge < -0.3 is 9.47 Å². The lowest BCUT2D eigenvalue weighted by Gasteiger charge is -2.07. The molecule has 0 fully saturated rings. The second-order valence-corrected chi connectivity index (χ2v) is 8.38. The lowest BCUT2D eigenvalue weighted by molar-refractivity contribution is 0.0444. The van der Waals surface area contributed by atoms with Gasteiger partial charge in [0, 0.05) is 5.38 Å². The smallest absolute Gasteiger partial charge is 0.357 e. The first-order chi connectivity index (χ1) is 12.4. The highest BCUT2D eigenvalue weighted by molar-refractivity contribution is 7.89. The second kappa shape index (κ2) is 7.96. The van der Waals surface area contributed by atoms with Crippen molar-refractivity contribution in [1.29, 1.82) is 0 Å². The minimum atomic E-state index is -3.73. The molecule has 0 aliphatic heterocycles. The van der Waals surface area contributed by atoms with Crippen molar-refractivity contribution in [2.45, 2.75) is 4.90 Å². The molecule has 1 aromatic carbocycles. The topological polar surface area (TPSA) is 109 Å². The molecule has 0 saturated heterocycles. The summed E-state index contributed by atoms with van der Waals surface area (Å²) < 4.78 is 32.9. The van der Waals surface area contributed by atoms with Crippen LogP contribution in [-0.4, -0.2) is 32.6 Å². The number of esters is 1. The molecule has 10 heteroatoms. The first kappa shape index (κ1) is 18.5. The summed E-state index contributed by atoms with van der Waals surface area (Å²) in [6.07, 6.45) is 0. The van der Waals surface area contributed by atoms with Gasteiger partial charge in [-0.2, -0.15) is 0 Å². The molecular formula is C16H14N2O5S3. The van der Waals surface area contributed by atoms with Crippen molar-refractivity contribution >= 4 is 38.7 Å². The van der Waals surface area contributed by atoms with Crippen LogP contribution in [0.15, 0.2) is 52.1 Å². The lowest BCUT2D eigenvalue weighted by Crippen LogP contribution is -2.13. The highest BCUT2D eigenvalue weighted by Crippen LogP contribution is 2.27. The fraction of sp³-hybridized carbons (Fsp3) is 0.125. The standard InChI is InChI=1S/C16H14N2O5S3/c17-26(20,21)12-5-3-11(4-6-12)22-7-8-23-16(19)13-10-25-15(18-13)14-2-1-9-24-14/h1-6,9-10H,7-8H2,(H2,17,20,21). The molecule has 2 aromatic heterocycles. The zero-order chi connectivity index (χ0) is 18.6. The van der Waals surface area contributed by atoms with E-state index in [9.17, 15) is 13.2 Å². The van der Waals surface area contributed by atoms with E-state index in [1.165, 1.54) is 35.6 Å². The predicted octanol–water partition coefficient (Wildman–Crippen LogP) is 2.75. The number of nitrogens with two attached hydrogens (primary N) is 1. The number of carbonyl (C=O) groups excluding carboxylic acids is 1. The Bertz CT molecular complexity index is 979. The van der Waals surface area contributed by atoms with E-state index >= 15 is 0 Å². The molecule has 2 heterocycles. The molecule has 7 nitrogen and oxygen atoms in total. The second-order valence-electron chi connectivity index (χ2n) is 5.02. The molecular weight excluding hydrogens is 396 g/mol. The van der Waals surface area contributed by atoms with Gasteiger partial charge in [-0.05, 0) is 35.7 Å². The SMILES string of the molecule is NS(=O)(=O)c1ccc(OCCOC(=O)c2csc(-c3cccs3)n2)cc1. The van der Waals surface area contributed by atoms with Gasteiger partial charge in [0.2, 0.25) is 10.0 Å². The van der Waals surface area contributed by atoms with Crippen molar-refractivity contribution < 1.29 is 22.7 Å². The van der Waals surface area contributed by atoms with E-state index in [4.69, 9.17) is 14.6 Å². The Morgan fingerprint density at radius 2 is 1.88 bits per heavy atom. The maximum absolute atomic E-state index is 12.0. The first-order valence-electron chi connectivity index (χ1n) is 7.36. The van der Waals surface area contributed by atoms with Crippen LogP contribution in [-0.2, 0) is 14.8 Å². The predicted molar refractivity (Wildman–Crippen MR) is 99.0 cm³/mol. The van der Waals surface area contributed by atoms with E-state index in [1.807, 2.05) is 17.5 Å². The number of hydrogen-bond donors (Lipinski definition) is 1. The number of nitrogens with zero attached hydrogens (tertiary/aromatic N) is 1. The molecule has 0 atom stereocenters. The molecule has 26 heavy (non-hydrogen) atoms. The van der Waals surface area contributed by atoms with Crippen molar-refractivity contribution in [2.24, 2.45) is 5.14 Å². The van der Waals surface area contributed by atoms with Gasteiger partial charge in [-0.1, -0.05) is 6.07 Å². The number of ether oxygens (including phenoxy) is 2. The summed E-state index contributed by atoms with van der Waals surface area (Å²) >= 11 is 2.94. The number of primary sulfonamides is 1. The van der Waals surface area contributed by atoms with Crippen LogP contribution in [0.25, 0.3) is 9.88 Å². The number of thiazole rings is 1. The van der Waals surface area contributed by atoms with E-state index in [1.54, 1.807) is 16.7 Å². The van der Waals surface area contributed by atoms with Crippen LogP contribution in [0, 0.1) is 0 Å². The lowest BCUT2D eigenvalue weighted by atomic mass is 10.3. The van der Waals surface area contributed by atoms with Crippen molar-refractivity contribution in [3.05, 3.63) is 52.9 Å². The summed E-state index contributed by atoms with van der Waals surface area (Å²) in [5.41, 5.74) is 0.260. The number of benzene rings is 1. The van der Waals surface area contributed by atoms with E-state index in [-0.39, 0.29) is 23.8 Å². The van der Waals surface area contributed by atoms with Gasteiger partial charge in [0.15, 0.2) is 5.69 Å². The average Bonchev–Trinajstić information content (AvgIpc) is 3.29. The zero-order valence-electron chi connectivity index (χ0n) is 13.3. The van der Waals surface area contributed by atoms with Crippen LogP contribution in [0.3, 0.4) is 0 Å². The molecule has 2 N–H and O–H groups in total. The highest BCUT2D eigenvalue weighted by atomic mass is 32.2. The number of thiophene rings is 1. The van der Waals surface area contributed by atoms with Gasteiger partial charge in [0.1, 0.15) is 24.0 Å². The number of hydrogen-bond acceptors (Lipinski definition) is 8. The molecule has 0 spiro atoms. The number of aromatic nitrogens is 1. The first-order valence-corrected chi connectivity index (χ1v) is 10.7. The van der Waals surface area contributed by atoms with Crippen molar-refractivity contribution in [3.8, 4) is 15.6 Å². The van der Waals surface area contributed by atoms with Gasteiger partial charge in [0.25, 0.3) is 0 Å². The maximum atomic E-state index is 12.0. The third-order valence-corrected chi connectivity index (χ3v) is 5.99. The summed E-state index contributed by atoms with van der Waals surface area (Å²) in [6.45, 7) is 0.171. The molecule has 3 aromatic rings. The molecule has 0 saturated carbocycles. The van der Waals surface area contributed by atoms with E-state index < -0.39 is 16.0 Å². The third kappa shape index (κ3) is 4.67. The minimum Gasteiger partial charge on any atom is -0.490 e. The summed E-state index contributed by atoms with van der Waals surface area (Å²) in [4.78, 5) is 17.3. The minimum absolute atomic E-state index is 0.00125. The molecule has 3 rings (SSSR count). The number of sulfonamides is 1. The Balaban J connectivity index is 1.47. The maximum Gasteiger partial charge on any atom is 0.357 e. The fourth-order valence-electron chi connectivity index (χ4n) is 1.97. The van der Waals surface area contributed by atoms with Crippen LogP contribution >= 0.6 is 22.7 Å². The van der Waals surface area contributed by atoms with Crippen LogP contribution in [0.1, 0.15) is 10.5 Å². The van der Waals surface area contributed by atoms with Gasteiger partial charge in [-0.15, -0.1) is 22.7 Å². The Kier molecular flexibility index (Phi) is 5.67.